The van der Waals surface area contributed by atoms with Crippen molar-refractivity contribution in [2.75, 3.05) is 18.5 Å². The van der Waals surface area contributed by atoms with Gasteiger partial charge in [0.2, 0.25) is 5.95 Å². The van der Waals surface area contributed by atoms with Crippen molar-refractivity contribution in [1.82, 2.24) is 9.55 Å². The molecule has 0 bridgehead atoms. The van der Waals surface area contributed by atoms with Gasteiger partial charge in [0, 0.05) is 19.3 Å². The monoisotopic (exact) mass is 287 g/mol. The molecule has 0 unspecified atom stereocenters. The lowest BCUT2D eigenvalue weighted by Gasteiger charge is -2.10. The third-order valence-corrected chi connectivity index (χ3v) is 3.27. The maximum atomic E-state index is 5.68. The van der Waals surface area contributed by atoms with Crippen molar-refractivity contribution in [3.05, 3.63) is 42.2 Å². The highest BCUT2D eigenvalue weighted by Crippen LogP contribution is 2.11. The molecule has 0 atom stereocenters. The third kappa shape index (κ3) is 5.14. The first kappa shape index (κ1) is 15.4. The molecule has 0 saturated carbocycles. The van der Waals surface area contributed by atoms with Gasteiger partial charge in [-0.3, -0.25) is 0 Å². The van der Waals surface area contributed by atoms with Crippen LogP contribution in [0.4, 0.5) is 5.95 Å². The van der Waals surface area contributed by atoms with Crippen LogP contribution in [-0.2, 0) is 6.54 Å². The van der Waals surface area contributed by atoms with Gasteiger partial charge in [0.05, 0.1) is 12.3 Å². The van der Waals surface area contributed by atoms with Gasteiger partial charge in [0.25, 0.3) is 0 Å². The first-order valence-corrected chi connectivity index (χ1v) is 7.75. The van der Waals surface area contributed by atoms with Gasteiger partial charge in [-0.15, -0.1) is 0 Å². The van der Waals surface area contributed by atoms with Crippen molar-refractivity contribution in [2.45, 2.75) is 39.7 Å². The predicted molar refractivity (Wildman–Crippen MR) is 86.9 cm³/mol. The Hall–Kier alpha value is -1.97. The molecule has 0 aliphatic heterocycles. The van der Waals surface area contributed by atoms with Crippen LogP contribution in [0.25, 0.3) is 0 Å². The van der Waals surface area contributed by atoms with E-state index in [0.717, 1.165) is 36.9 Å². The number of ether oxygens (including phenoxy) is 1. The normalized spacial score (nSPS) is 10.6. The van der Waals surface area contributed by atoms with Gasteiger partial charge in [-0.05, 0) is 31.9 Å². The number of aromatic nitrogens is 2. The maximum absolute atomic E-state index is 5.68. The predicted octanol–water partition coefficient (Wildman–Crippen LogP) is 3.87. The molecule has 1 aromatic heterocycles. The highest BCUT2D eigenvalue weighted by Gasteiger charge is 2.04. The van der Waals surface area contributed by atoms with E-state index in [4.69, 9.17) is 4.74 Å². The number of unbranched alkanes of at least 4 members (excludes halogenated alkanes) is 1. The Morgan fingerprint density at radius 1 is 1.19 bits per heavy atom. The minimum absolute atomic E-state index is 0.714. The smallest absolute Gasteiger partial charge is 0.203 e. The second-order valence-corrected chi connectivity index (χ2v) is 5.19. The fraction of sp³-hybridized carbons (Fsp3) is 0.471. The second kappa shape index (κ2) is 8.35. The Bertz CT molecular complexity index is 522. The molecule has 0 radical (unpaired) electrons. The van der Waals surface area contributed by atoms with E-state index >= 15 is 0 Å². The first-order chi connectivity index (χ1) is 10.3. The summed E-state index contributed by atoms with van der Waals surface area (Å²) in [7, 11) is 0. The van der Waals surface area contributed by atoms with Gasteiger partial charge in [-0.1, -0.05) is 31.5 Å². The minimum atomic E-state index is 0.714. The molecule has 1 heterocycles. The Balaban J connectivity index is 1.71. The van der Waals surface area contributed by atoms with E-state index in [1.54, 1.807) is 0 Å². The number of anilines is 1. The van der Waals surface area contributed by atoms with E-state index < -0.39 is 0 Å². The lowest BCUT2D eigenvalue weighted by molar-refractivity contribution is 0.315. The fourth-order valence-electron chi connectivity index (χ4n) is 2.17. The van der Waals surface area contributed by atoms with Crippen LogP contribution in [0.2, 0.25) is 0 Å². The van der Waals surface area contributed by atoms with Gasteiger partial charge in [-0.2, -0.15) is 0 Å². The molecule has 1 aromatic carbocycles. The molecule has 1 N–H and O–H groups in total. The van der Waals surface area contributed by atoms with Crippen LogP contribution in [0.3, 0.4) is 0 Å². The molecular weight excluding hydrogens is 262 g/mol. The van der Waals surface area contributed by atoms with Gasteiger partial charge < -0.3 is 14.6 Å². The average molecular weight is 287 g/mol. The van der Waals surface area contributed by atoms with Crippen LogP contribution in [0, 0.1) is 6.92 Å². The summed E-state index contributed by atoms with van der Waals surface area (Å²) in [6.45, 7) is 6.85. The number of nitrogens with zero attached hydrogens (tertiary/aromatic N) is 2. The van der Waals surface area contributed by atoms with E-state index in [1.807, 2.05) is 37.3 Å². The van der Waals surface area contributed by atoms with Crippen LogP contribution in [-0.4, -0.2) is 22.7 Å². The van der Waals surface area contributed by atoms with Crippen LogP contribution in [0.5, 0.6) is 5.75 Å². The van der Waals surface area contributed by atoms with Gasteiger partial charge >= 0.3 is 0 Å². The maximum Gasteiger partial charge on any atom is 0.203 e. The first-order valence-electron chi connectivity index (χ1n) is 7.75. The number of para-hydroxylation sites is 1. The molecule has 0 saturated heterocycles. The zero-order valence-electron chi connectivity index (χ0n) is 13.0. The fourth-order valence-corrected chi connectivity index (χ4v) is 2.17. The quantitative estimate of drug-likeness (QED) is 0.712. The van der Waals surface area contributed by atoms with Crippen molar-refractivity contribution in [3.63, 3.8) is 0 Å². The Labute approximate surface area is 127 Å². The van der Waals surface area contributed by atoms with E-state index in [-0.39, 0.29) is 0 Å². The number of imidazole rings is 1. The lowest BCUT2D eigenvalue weighted by atomic mass is 10.3. The van der Waals surface area contributed by atoms with Crippen LogP contribution in [0.1, 0.15) is 31.9 Å². The molecule has 2 aromatic rings. The van der Waals surface area contributed by atoms with Gasteiger partial charge in [0.1, 0.15) is 5.75 Å². The summed E-state index contributed by atoms with van der Waals surface area (Å²) in [5.41, 5.74) is 1.06. The highest BCUT2D eigenvalue weighted by atomic mass is 16.5. The number of benzene rings is 1. The van der Waals surface area contributed by atoms with Crippen LogP contribution < -0.4 is 10.1 Å². The molecule has 0 spiro atoms. The summed E-state index contributed by atoms with van der Waals surface area (Å²) in [4.78, 5) is 4.53. The molecule has 0 aliphatic carbocycles. The summed E-state index contributed by atoms with van der Waals surface area (Å²) in [6.07, 6.45) is 5.44. The van der Waals surface area contributed by atoms with Gasteiger partial charge in [-0.25, -0.2) is 4.98 Å². The number of aryl methyl sites for hydroxylation is 2. The lowest BCUT2D eigenvalue weighted by Crippen LogP contribution is -2.11. The minimum Gasteiger partial charge on any atom is -0.494 e. The van der Waals surface area contributed by atoms with Crippen molar-refractivity contribution >= 4 is 5.95 Å². The molecule has 21 heavy (non-hydrogen) atoms. The topological polar surface area (TPSA) is 39.1 Å². The number of hydrogen-bond donors (Lipinski definition) is 1. The highest BCUT2D eigenvalue weighted by molar-refractivity contribution is 5.28. The molecule has 4 heteroatoms. The molecule has 4 nitrogen and oxygen atoms in total. The van der Waals surface area contributed by atoms with Crippen molar-refractivity contribution < 1.29 is 4.74 Å². The van der Waals surface area contributed by atoms with E-state index in [9.17, 15) is 0 Å². The number of nitrogens with one attached hydrogen (secondary N) is 1. The Morgan fingerprint density at radius 3 is 2.76 bits per heavy atom. The van der Waals surface area contributed by atoms with Crippen molar-refractivity contribution in [3.8, 4) is 5.75 Å². The van der Waals surface area contributed by atoms with Crippen molar-refractivity contribution in [2.24, 2.45) is 0 Å². The molecule has 0 fully saturated rings. The summed E-state index contributed by atoms with van der Waals surface area (Å²) in [5, 5.41) is 3.40. The van der Waals surface area contributed by atoms with E-state index in [2.05, 4.69) is 28.0 Å². The summed E-state index contributed by atoms with van der Waals surface area (Å²) >= 11 is 0. The molecular formula is C17H25N3O. The summed E-state index contributed by atoms with van der Waals surface area (Å²) in [6, 6.07) is 9.93. The third-order valence-electron chi connectivity index (χ3n) is 3.27. The molecule has 0 aliphatic rings. The molecule has 114 valence electrons. The average Bonchev–Trinajstić information content (AvgIpc) is 2.86. The molecule has 0 amide bonds. The van der Waals surface area contributed by atoms with Gasteiger partial charge in [0.15, 0.2) is 0 Å². The van der Waals surface area contributed by atoms with E-state index in [1.165, 1.54) is 12.8 Å². The second-order valence-electron chi connectivity index (χ2n) is 5.19. The van der Waals surface area contributed by atoms with E-state index in [0.29, 0.717) is 6.61 Å². The van der Waals surface area contributed by atoms with Crippen molar-refractivity contribution in [1.29, 1.82) is 0 Å². The Morgan fingerprint density at radius 2 is 2.00 bits per heavy atom. The standard InChI is InChI=1S/C17H25N3O/c1-3-4-12-20-14-15(2)19-17(20)18-11-8-13-21-16-9-6-5-7-10-16/h5-7,9-10,14H,3-4,8,11-13H2,1-2H3,(H,18,19). The summed E-state index contributed by atoms with van der Waals surface area (Å²) < 4.78 is 7.88. The zero-order chi connectivity index (χ0) is 14.9. The Kier molecular flexibility index (Phi) is 6.13. The summed E-state index contributed by atoms with van der Waals surface area (Å²) in [5.74, 6) is 1.90. The van der Waals surface area contributed by atoms with Crippen LogP contribution >= 0.6 is 0 Å². The zero-order valence-corrected chi connectivity index (χ0v) is 13.0. The number of hydrogen-bond acceptors (Lipinski definition) is 3. The number of rotatable bonds is 9. The largest absolute Gasteiger partial charge is 0.494 e. The molecule has 2 rings (SSSR count). The van der Waals surface area contributed by atoms with Crippen LogP contribution in [0.15, 0.2) is 36.5 Å². The SMILES string of the molecule is CCCCn1cc(C)nc1NCCCOc1ccccc1.